The topological polar surface area (TPSA) is 132 Å². The molecule has 11 nitrogen and oxygen atoms in total. The lowest BCUT2D eigenvalue weighted by atomic mass is 10.0. The van der Waals surface area contributed by atoms with Crippen molar-refractivity contribution in [2.24, 2.45) is 0 Å². The average Bonchev–Trinajstić information content (AvgIpc) is 3.29. The Morgan fingerprint density at radius 1 is 1.09 bits per heavy atom. The second-order valence-corrected chi connectivity index (χ2v) is 9.91. The van der Waals surface area contributed by atoms with Crippen LogP contribution in [0.2, 0.25) is 0 Å². The van der Waals surface area contributed by atoms with E-state index in [0.29, 0.717) is 32.7 Å². The zero-order valence-electron chi connectivity index (χ0n) is 19.6. The van der Waals surface area contributed by atoms with Crippen molar-refractivity contribution in [3.63, 3.8) is 0 Å². The Hall–Kier alpha value is -1.79. The first-order valence-electron chi connectivity index (χ1n) is 11.9. The van der Waals surface area contributed by atoms with Gasteiger partial charge in [0.25, 0.3) is 0 Å². The first-order chi connectivity index (χ1) is 15.6. The number of nitrogens with zero attached hydrogens (tertiary/aromatic N) is 3. The van der Waals surface area contributed by atoms with Crippen molar-refractivity contribution >= 4 is 17.7 Å². The van der Waals surface area contributed by atoms with Crippen LogP contribution in [0, 0.1) is 0 Å². The Morgan fingerprint density at radius 3 is 2.52 bits per heavy atom. The Labute approximate surface area is 194 Å². The van der Waals surface area contributed by atoms with E-state index in [9.17, 15) is 24.6 Å². The molecular weight excluding hydrogens is 432 g/mol. The standard InChI is InChI=1S/C22H36N4O7/c1-12(2)26-8-14-6-16(26)22(31)24-4-5-32-15(9-24)10-25(13(3)27)11-18-21(30)20(29)17(33-18)7-19(28)23-14/h12,14-18,20-21,29-30H,4-11H2,1-3H3,(H,23,28)/t14-,15-,16-,17-,18+,20-,21+/m0/s1. The molecule has 0 radical (unpaired) electrons. The maximum absolute atomic E-state index is 13.5. The number of morpholine rings is 1. The minimum Gasteiger partial charge on any atom is -0.388 e. The molecule has 4 saturated heterocycles. The molecular formula is C22H36N4O7. The first-order valence-corrected chi connectivity index (χ1v) is 11.9. The maximum Gasteiger partial charge on any atom is 0.240 e. The number of fused-ring (bicyclic) bond motifs is 6. The molecule has 0 spiro atoms. The lowest BCUT2D eigenvalue weighted by Gasteiger charge is -2.38. The number of hydrogen-bond acceptors (Lipinski definition) is 8. The molecule has 11 heteroatoms. The number of aliphatic hydroxyl groups is 2. The monoisotopic (exact) mass is 468 g/mol. The molecule has 4 fully saturated rings. The van der Waals surface area contributed by atoms with Gasteiger partial charge in [0.1, 0.15) is 18.3 Å². The molecule has 0 unspecified atom stereocenters. The zero-order valence-corrected chi connectivity index (χ0v) is 19.6. The van der Waals surface area contributed by atoms with E-state index in [1.165, 1.54) is 11.8 Å². The van der Waals surface area contributed by atoms with Gasteiger partial charge in [-0.15, -0.1) is 0 Å². The minimum atomic E-state index is -1.23. The van der Waals surface area contributed by atoms with Crippen molar-refractivity contribution in [3.05, 3.63) is 0 Å². The van der Waals surface area contributed by atoms with E-state index >= 15 is 0 Å². The lowest BCUT2D eigenvalue weighted by Crippen LogP contribution is -2.55. The summed E-state index contributed by atoms with van der Waals surface area (Å²) < 4.78 is 11.7. The maximum atomic E-state index is 13.5. The molecule has 3 amide bonds. The highest BCUT2D eigenvalue weighted by molar-refractivity contribution is 5.83. The van der Waals surface area contributed by atoms with Gasteiger partial charge in [0.05, 0.1) is 31.3 Å². The highest BCUT2D eigenvalue weighted by atomic mass is 16.5. The molecule has 6 bridgehead atoms. The van der Waals surface area contributed by atoms with E-state index in [0.717, 1.165) is 0 Å². The van der Waals surface area contributed by atoms with Gasteiger partial charge < -0.3 is 34.8 Å². The Balaban J connectivity index is 1.60. The number of nitrogens with one attached hydrogen (secondary N) is 1. The molecule has 4 aliphatic heterocycles. The third-order valence-corrected chi connectivity index (χ3v) is 7.22. The van der Waals surface area contributed by atoms with Crippen molar-refractivity contribution in [1.82, 2.24) is 20.0 Å². The van der Waals surface area contributed by atoms with Gasteiger partial charge in [-0.1, -0.05) is 0 Å². The third kappa shape index (κ3) is 5.17. The summed E-state index contributed by atoms with van der Waals surface area (Å²) in [5.41, 5.74) is 0. The largest absolute Gasteiger partial charge is 0.388 e. The smallest absolute Gasteiger partial charge is 0.240 e. The van der Waals surface area contributed by atoms with Crippen molar-refractivity contribution in [3.8, 4) is 0 Å². The third-order valence-electron chi connectivity index (χ3n) is 7.22. The number of hydrogen-bond donors (Lipinski definition) is 3. The van der Waals surface area contributed by atoms with Gasteiger partial charge >= 0.3 is 0 Å². The number of rotatable bonds is 1. The van der Waals surface area contributed by atoms with Crippen molar-refractivity contribution < 1.29 is 34.1 Å². The van der Waals surface area contributed by atoms with Crippen LogP contribution in [0.25, 0.3) is 0 Å². The van der Waals surface area contributed by atoms with Gasteiger partial charge in [0.15, 0.2) is 0 Å². The average molecular weight is 469 g/mol. The highest BCUT2D eigenvalue weighted by Gasteiger charge is 2.46. The van der Waals surface area contributed by atoms with Gasteiger partial charge in [0, 0.05) is 51.7 Å². The quantitative estimate of drug-likeness (QED) is 0.400. The van der Waals surface area contributed by atoms with Crippen molar-refractivity contribution in [1.29, 1.82) is 0 Å². The predicted octanol–water partition coefficient (Wildman–Crippen LogP) is -2.08. The van der Waals surface area contributed by atoms with Crippen LogP contribution in [0.15, 0.2) is 0 Å². The summed E-state index contributed by atoms with van der Waals surface area (Å²) in [7, 11) is 0. The number of carbonyl (C=O) groups excluding carboxylic acids is 3. The van der Waals surface area contributed by atoms with Crippen LogP contribution in [0.4, 0.5) is 0 Å². The van der Waals surface area contributed by atoms with Gasteiger partial charge in [-0.05, 0) is 20.3 Å². The summed E-state index contributed by atoms with van der Waals surface area (Å²) >= 11 is 0. The number of likely N-dealkylation sites (tertiary alicyclic amines) is 1. The van der Waals surface area contributed by atoms with E-state index in [2.05, 4.69) is 10.2 Å². The van der Waals surface area contributed by atoms with Crippen LogP contribution in [0.3, 0.4) is 0 Å². The van der Waals surface area contributed by atoms with Crippen LogP contribution in [-0.4, -0.2) is 131 Å². The number of ether oxygens (including phenoxy) is 2. The van der Waals surface area contributed by atoms with E-state index in [4.69, 9.17) is 9.47 Å². The molecule has 33 heavy (non-hydrogen) atoms. The fourth-order valence-electron chi connectivity index (χ4n) is 5.43. The van der Waals surface area contributed by atoms with Crippen LogP contribution in [0.1, 0.15) is 33.6 Å². The van der Waals surface area contributed by atoms with E-state index in [-0.39, 0.29) is 61.5 Å². The van der Waals surface area contributed by atoms with Gasteiger partial charge in [0.2, 0.25) is 17.7 Å². The van der Waals surface area contributed by atoms with E-state index < -0.39 is 24.4 Å². The molecule has 0 aromatic heterocycles. The van der Waals surface area contributed by atoms with E-state index in [1.54, 1.807) is 4.90 Å². The van der Waals surface area contributed by atoms with Crippen LogP contribution in [0.5, 0.6) is 0 Å². The zero-order chi connectivity index (χ0) is 23.9. The Kier molecular flexibility index (Phi) is 7.25. The molecule has 3 N–H and O–H groups in total. The predicted molar refractivity (Wildman–Crippen MR) is 116 cm³/mol. The summed E-state index contributed by atoms with van der Waals surface area (Å²) in [5, 5.41) is 24.0. The van der Waals surface area contributed by atoms with Gasteiger partial charge in [-0.25, -0.2) is 0 Å². The minimum absolute atomic E-state index is 0.0180. The summed E-state index contributed by atoms with van der Waals surface area (Å²) in [4.78, 5) is 43.9. The Morgan fingerprint density at radius 2 is 1.82 bits per heavy atom. The first kappa shape index (κ1) is 24.3. The molecule has 4 heterocycles. The number of aliphatic hydroxyl groups excluding tert-OH is 2. The second-order valence-electron chi connectivity index (χ2n) is 9.91. The molecule has 186 valence electrons. The molecule has 4 aliphatic rings. The van der Waals surface area contributed by atoms with Crippen LogP contribution in [-0.2, 0) is 23.9 Å². The fourth-order valence-corrected chi connectivity index (χ4v) is 5.43. The second kappa shape index (κ2) is 9.83. The summed E-state index contributed by atoms with van der Waals surface area (Å²) in [6.45, 7) is 7.57. The molecule has 7 atom stereocenters. The summed E-state index contributed by atoms with van der Waals surface area (Å²) in [5.74, 6) is -0.501. The Bertz CT molecular complexity index is 765. The summed E-state index contributed by atoms with van der Waals surface area (Å²) in [6, 6.07) is -0.402. The molecule has 0 aromatic rings. The van der Waals surface area contributed by atoms with Crippen molar-refractivity contribution in [2.75, 3.05) is 39.3 Å². The van der Waals surface area contributed by atoms with Gasteiger partial charge in [-0.3, -0.25) is 19.3 Å². The normalized spacial score (nSPS) is 38.7. The van der Waals surface area contributed by atoms with Crippen LogP contribution >= 0.6 is 0 Å². The molecule has 0 aliphatic carbocycles. The highest BCUT2D eigenvalue weighted by Crippen LogP contribution is 2.27. The fraction of sp³-hybridized carbons (Fsp3) is 0.864. The molecule has 0 saturated carbocycles. The van der Waals surface area contributed by atoms with Crippen molar-refractivity contribution in [2.45, 2.75) is 82.3 Å². The number of amides is 3. The SMILES string of the molecule is CC(=O)N1C[C@@H]2CN(CCO2)C(=O)[C@@H]2C[C@@H](CN2C(C)C)NC(=O)C[C@@H]2O[C@H](C1)[C@@H](O)[C@H]2O. The lowest BCUT2D eigenvalue weighted by molar-refractivity contribution is -0.147. The number of carbonyl (C=O) groups is 3. The van der Waals surface area contributed by atoms with E-state index in [1.807, 2.05) is 13.8 Å². The molecule has 0 aromatic carbocycles. The summed E-state index contributed by atoms with van der Waals surface area (Å²) in [6.07, 6.45) is -4.08. The van der Waals surface area contributed by atoms with Crippen LogP contribution < -0.4 is 5.32 Å². The molecule has 4 rings (SSSR count). The van der Waals surface area contributed by atoms with Gasteiger partial charge in [-0.2, -0.15) is 0 Å².